The molecule has 2 fully saturated rings. The molecular formula is C22H32O6. The average molecular weight is 392 g/mol. The largest absolute Gasteiger partial charge is 0.452 e. The Morgan fingerprint density at radius 1 is 0.714 bits per heavy atom. The SMILES string of the molecule is CC1(C)CC(O)CC2(C)OC(=O)C=C12.CC1(C)CC(O)CC2(C)OC(=O)C=C12. The van der Waals surface area contributed by atoms with Crippen LogP contribution in [-0.2, 0) is 19.1 Å². The van der Waals surface area contributed by atoms with Gasteiger partial charge in [-0.3, -0.25) is 0 Å². The van der Waals surface area contributed by atoms with Crippen molar-refractivity contribution < 1.29 is 29.3 Å². The van der Waals surface area contributed by atoms with E-state index in [1.165, 1.54) is 0 Å². The Hall–Kier alpha value is -1.66. The van der Waals surface area contributed by atoms with Crippen LogP contribution in [-0.4, -0.2) is 45.6 Å². The van der Waals surface area contributed by atoms with Crippen molar-refractivity contribution >= 4 is 11.9 Å². The highest BCUT2D eigenvalue weighted by Crippen LogP contribution is 2.51. The Kier molecular flexibility index (Phi) is 4.83. The number of ether oxygens (including phenoxy) is 2. The van der Waals surface area contributed by atoms with Crippen molar-refractivity contribution in [1.82, 2.24) is 0 Å². The molecule has 2 N–H and O–H groups in total. The number of carbonyl (C=O) groups is 2. The van der Waals surface area contributed by atoms with Crippen LogP contribution in [0.2, 0.25) is 0 Å². The second-order valence-corrected chi connectivity index (χ2v) is 10.3. The molecule has 6 nitrogen and oxygen atoms in total. The Balaban J connectivity index is 0.000000161. The van der Waals surface area contributed by atoms with Gasteiger partial charge < -0.3 is 19.7 Å². The third-order valence-corrected chi connectivity index (χ3v) is 6.52. The average Bonchev–Trinajstić information content (AvgIpc) is 2.93. The minimum atomic E-state index is -0.571. The predicted molar refractivity (Wildman–Crippen MR) is 103 cm³/mol. The van der Waals surface area contributed by atoms with E-state index in [4.69, 9.17) is 9.47 Å². The van der Waals surface area contributed by atoms with Gasteiger partial charge in [-0.2, -0.15) is 0 Å². The lowest BCUT2D eigenvalue weighted by Gasteiger charge is -2.43. The van der Waals surface area contributed by atoms with Gasteiger partial charge in [0.05, 0.1) is 12.2 Å². The monoisotopic (exact) mass is 392 g/mol. The zero-order valence-corrected chi connectivity index (χ0v) is 17.7. The maximum Gasteiger partial charge on any atom is 0.331 e. The maximum absolute atomic E-state index is 11.2. The van der Waals surface area contributed by atoms with Gasteiger partial charge in [0.1, 0.15) is 11.2 Å². The lowest BCUT2D eigenvalue weighted by atomic mass is 9.65. The molecule has 2 aliphatic carbocycles. The predicted octanol–water partition coefficient (Wildman–Crippen LogP) is 2.82. The van der Waals surface area contributed by atoms with E-state index in [-0.39, 0.29) is 35.0 Å². The lowest BCUT2D eigenvalue weighted by Crippen LogP contribution is -2.44. The van der Waals surface area contributed by atoms with Crippen LogP contribution in [0.1, 0.15) is 67.2 Å². The standard InChI is InChI=1S/2C11H16O3/c2*1-10(2)5-7(12)6-11(3)8(10)4-9(13)14-11/h2*4,7,12H,5-6H2,1-3H3. The van der Waals surface area contributed by atoms with Crippen LogP contribution < -0.4 is 0 Å². The fourth-order valence-electron chi connectivity index (χ4n) is 5.72. The third kappa shape index (κ3) is 3.64. The Labute approximate surface area is 166 Å². The normalized spacial score (nSPS) is 40.1. The molecule has 6 heteroatoms. The smallest absolute Gasteiger partial charge is 0.331 e. The van der Waals surface area contributed by atoms with Crippen molar-refractivity contribution in [3.8, 4) is 0 Å². The van der Waals surface area contributed by atoms with E-state index in [1.54, 1.807) is 12.2 Å². The van der Waals surface area contributed by atoms with Gasteiger partial charge in [0.25, 0.3) is 0 Å². The number of aliphatic hydroxyl groups is 2. The fraction of sp³-hybridized carbons (Fsp3) is 0.727. The molecule has 156 valence electrons. The molecule has 0 bridgehead atoms. The van der Waals surface area contributed by atoms with Gasteiger partial charge in [0.15, 0.2) is 0 Å². The molecule has 0 aromatic heterocycles. The Morgan fingerprint density at radius 2 is 1.04 bits per heavy atom. The first-order valence-electron chi connectivity index (χ1n) is 9.94. The maximum atomic E-state index is 11.2. The van der Waals surface area contributed by atoms with Crippen LogP contribution >= 0.6 is 0 Å². The van der Waals surface area contributed by atoms with E-state index in [0.717, 1.165) is 11.1 Å². The summed E-state index contributed by atoms with van der Waals surface area (Å²) in [5.74, 6) is -0.547. The number of carbonyl (C=O) groups excluding carboxylic acids is 2. The molecule has 28 heavy (non-hydrogen) atoms. The van der Waals surface area contributed by atoms with Gasteiger partial charge >= 0.3 is 11.9 Å². The van der Waals surface area contributed by atoms with E-state index in [0.29, 0.717) is 25.7 Å². The summed E-state index contributed by atoms with van der Waals surface area (Å²) in [5.41, 5.74) is 0.633. The summed E-state index contributed by atoms with van der Waals surface area (Å²) >= 11 is 0. The van der Waals surface area contributed by atoms with Crippen molar-refractivity contribution in [3.63, 3.8) is 0 Å². The van der Waals surface area contributed by atoms with Crippen molar-refractivity contribution in [2.75, 3.05) is 0 Å². The minimum Gasteiger partial charge on any atom is -0.452 e. The molecule has 0 spiro atoms. The van der Waals surface area contributed by atoms with Crippen molar-refractivity contribution in [2.24, 2.45) is 10.8 Å². The summed E-state index contributed by atoms with van der Waals surface area (Å²) in [6.45, 7) is 11.9. The van der Waals surface area contributed by atoms with E-state index < -0.39 is 11.2 Å². The lowest BCUT2D eigenvalue weighted by molar-refractivity contribution is -0.150. The summed E-state index contributed by atoms with van der Waals surface area (Å²) < 4.78 is 10.5. The quantitative estimate of drug-likeness (QED) is 0.616. The number of hydrogen-bond donors (Lipinski definition) is 2. The van der Waals surface area contributed by atoms with E-state index in [1.807, 2.05) is 41.5 Å². The van der Waals surface area contributed by atoms with Crippen molar-refractivity contribution in [3.05, 3.63) is 23.3 Å². The van der Waals surface area contributed by atoms with E-state index in [9.17, 15) is 19.8 Å². The van der Waals surface area contributed by atoms with E-state index in [2.05, 4.69) is 0 Å². The highest BCUT2D eigenvalue weighted by molar-refractivity contribution is 5.87. The summed E-state index contributed by atoms with van der Waals surface area (Å²) in [5, 5.41) is 19.4. The van der Waals surface area contributed by atoms with Crippen LogP contribution in [0.3, 0.4) is 0 Å². The zero-order valence-electron chi connectivity index (χ0n) is 17.7. The summed E-state index contributed by atoms with van der Waals surface area (Å²) in [6, 6.07) is 0. The van der Waals surface area contributed by atoms with Crippen LogP contribution in [0.15, 0.2) is 23.3 Å². The van der Waals surface area contributed by atoms with Crippen LogP contribution in [0.4, 0.5) is 0 Å². The summed E-state index contributed by atoms with van der Waals surface area (Å²) in [6.07, 6.45) is 4.87. The molecule has 0 aromatic rings. The molecule has 4 unspecified atom stereocenters. The Bertz CT molecular complexity index is 697. The van der Waals surface area contributed by atoms with Crippen LogP contribution in [0.5, 0.6) is 0 Å². The summed E-state index contributed by atoms with van der Waals surface area (Å²) in [4.78, 5) is 22.5. The molecular weight excluding hydrogens is 360 g/mol. The molecule has 4 atom stereocenters. The molecule has 4 rings (SSSR count). The third-order valence-electron chi connectivity index (χ3n) is 6.52. The topological polar surface area (TPSA) is 93.1 Å². The van der Waals surface area contributed by atoms with Gasteiger partial charge in [-0.25, -0.2) is 9.59 Å². The van der Waals surface area contributed by atoms with Crippen molar-refractivity contribution in [1.29, 1.82) is 0 Å². The van der Waals surface area contributed by atoms with Gasteiger partial charge in [-0.1, -0.05) is 27.7 Å². The van der Waals surface area contributed by atoms with Crippen molar-refractivity contribution in [2.45, 2.75) is 90.6 Å². The second kappa shape index (κ2) is 6.42. The van der Waals surface area contributed by atoms with Crippen LogP contribution in [0.25, 0.3) is 0 Å². The highest BCUT2D eigenvalue weighted by Gasteiger charge is 2.52. The number of rotatable bonds is 0. The molecule has 2 heterocycles. The number of esters is 2. The molecule has 0 amide bonds. The van der Waals surface area contributed by atoms with Gasteiger partial charge in [-0.05, 0) is 48.7 Å². The molecule has 0 saturated heterocycles. The molecule has 2 aliphatic heterocycles. The minimum absolute atomic E-state index is 0.140. The van der Waals surface area contributed by atoms with Gasteiger partial charge in [0.2, 0.25) is 0 Å². The highest BCUT2D eigenvalue weighted by atomic mass is 16.6. The fourth-order valence-corrected chi connectivity index (χ4v) is 5.72. The van der Waals surface area contributed by atoms with Crippen LogP contribution in [0, 0.1) is 10.8 Å². The molecule has 2 saturated carbocycles. The van der Waals surface area contributed by atoms with E-state index >= 15 is 0 Å². The zero-order chi connectivity index (χ0) is 21.1. The second-order valence-electron chi connectivity index (χ2n) is 10.3. The first-order valence-corrected chi connectivity index (χ1v) is 9.94. The first kappa shape index (κ1) is 21.1. The first-order chi connectivity index (χ1) is 12.7. The van der Waals surface area contributed by atoms with Gasteiger partial charge in [0, 0.05) is 25.0 Å². The Morgan fingerprint density at radius 3 is 1.36 bits per heavy atom. The molecule has 0 radical (unpaired) electrons. The number of aliphatic hydroxyl groups excluding tert-OH is 2. The molecule has 0 aromatic carbocycles. The van der Waals surface area contributed by atoms with Gasteiger partial charge in [-0.15, -0.1) is 0 Å². The number of hydrogen-bond acceptors (Lipinski definition) is 6. The summed E-state index contributed by atoms with van der Waals surface area (Å²) in [7, 11) is 0. The molecule has 4 aliphatic rings. The number of fused-ring (bicyclic) bond motifs is 2.